The first kappa shape index (κ1) is 23.0. The standard InChI is InChI=1S/C36H30NP/c1-2-12-27-23-24-38(30-15-8-4-9-16-30,31-17-10-5-11-18-31)32-20-22-35-34(26-32)33-21-19-28(27)25-36(33)37(35)29-13-6-3-7-14-29/h2-22,25-26,38H,1,23-24H2/b27-12+. The van der Waals surface area contributed by atoms with E-state index in [0.717, 1.165) is 12.6 Å². The molecule has 5 bridgehead atoms. The second-order valence-corrected chi connectivity index (χ2v) is 14.2. The van der Waals surface area contributed by atoms with Gasteiger partial charge in [0.05, 0.1) is 0 Å². The van der Waals surface area contributed by atoms with Gasteiger partial charge in [0.2, 0.25) is 0 Å². The van der Waals surface area contributed by atoms with Crippen LogP contribution < -0.4 is 15.9 Å². The van der Waals surface area contributed by atoms with Gasteiger partial charge in [-0.25, -0.2) is 0 Å². The SMILES string of the molecule is C=C/C=C1\CC[PH](c2ccccc2)(c2ccccc2)c2ccc3c(c2)c2ccc1cc2n3-c1ccccc1. The van der Waals surface area contributed by atoms with Crippen LogP contribution in [0.25, 0.3) is 33.1 Å². The van der Waals surface area contributed by atoms with Crippen molar-refractivity contribution in [3.8, 4) is 5.69 Å². The fourth-order valence-corrected chi connectivity index (χ4v) is 11.3. The molecule has 1 nitrogen and oxygen atoms in total. The van der Waals surface area contributed by atoms with Gasteiger partial charge in [-0.3, -0.25) is 0 Å². The molecule has 3 heterocycles. The van der Waals surface area contributed by atoms with Crippen LogP contribution in [-0.4, -0.2) is 10.7 Å². The Morgan fingerprint density at radius 2 is 1.26 bits per heavy atom. The molecule has 0 fully saturated rings. The summed E-state index contributed by atoms with van der Waals surface area (Å²) in [7, 11) is -2.36. The van der Waals surface area contributed by atoms with Crippen LogP contribution in [0, 0.1) is 0 Å². The number of allylic oxidation sites excluding steroid dienone is 3. The molecule has 8 rings (SSSR count). The second kappa shape index (κ2) is 9.28. The van der Waals surface area contributed by atoms with Gasteiger partial charge in [-0.1, -0.05) is 0 Å². The van der Waals surface area contributed by atoms with Gasteiger partial charge in [0, 0.05) is 0 Å². The molecule has 1 aromatic heterocycles. The van der Waals surface area contributed by atoms with Gasteiger partial charge in [-0.15, -0.1) is 0 Å². The Bertz CT molecular complexity index is 1770. The fraction of sp³-hybridized carbons (Fsp3) is 0.0556. The number of aromatic nitrogens is 1. The molecule has 38 heavy (non-hydrogen) atoms. The summed E-state index contributed by atoms with van der Waals surface area (Å²) in [4.78, 5) is 0. The Balaban J connectivity index is 1.64. The molecule has 0 unspecified atom stereocenters. The van der Waals surface area contributed by atoms with Gasteiger partial charge >= 0.3 is 225 Å². The molecular weight excluding hydrogens is 477 g/mol. The maximum absolute atomic E-state index is 4.08. The predicted octanol–water partition coefficient (Wildman–Crippen LogP) is 7.78. The number of fused-ring (bicyclic) bond motifs is 4. The van der Waals surface area contributed by atoms with E-state index in [-0.39, 0.29) is 0 Å². The van der Waals surface area contributed by atoms with Crippen molar-refractivity contribution in [3.63, 3.8) is 0 Å². The molecule has 0 N–H and O–H groups in total. The zero-order valence-corrected chi connectivity index (χ0v) is 22.3. The number of para-hydroxylation sites is 1. The van der Waals surface area contributed by atoms with E-state index in [1.165, 1.54) is 54.5 Å². The molecule has 0 aliphatic carbocycles. The van der Waals surface area contributed by atoms with Crippen molar-refractivity contribution in [2.45, 2.75) is 6.42 Å². The topological polar surface area (TPSA) is 4.93 Å². The van der Waals surface area contributed by atoms with Gasteiger partial charge in [-0.05, 0) is 0 Å². The van der Waals surface area contributed by atoms with Crippen molar-refractivity contribution >= 4 is 50.6 Å². The van der Waals surface area contributed by atoms with Crippen LogP contribution in [-0.2, 0) is 0 Å². The number of nitrogens with zero attached hydrogens (tertiary/aromatic N) is 1. The number of rotatable bonds is 4. The van der Waals surface area contributed by atoms with Crippen molar-refractivity contribution in [2.75, 3.05) is 6.16 Å². The number of hydrogen-bond acceptors (Lipinski definition) is 0. The van der Waals surface area contributed by atoms with Crippen LogP contribution in [0.1, 0.15) is 12.0 Å². The molecule has 0 saturated carbocycles. The summed E-state index contributed by atoms with van der Waals surface area (Å²) in [6, 6.07) is 47.6. The number of hydrogen-bond donors (Lipinski definition) is 0. The summed E-state index contributed by atoms with van der Waals surface area (Å²) in [5.74, 6) is 0. The average molecular weight is 508 g/mol. The Morgan fingerprint density at radius 1 is 0.605 bits per heavy atom. The fourth-order valence-electron chi connectivity index (χ4n) is 6.51. The normalized spacial score (nSPS) is 16.4. The summed E-state index contributed by atoms with van der Waals surface area (Å²) >= 11 is 0. The molecular formula is C36H30NP. The second-order valence-electron chi connectivity index (χ2n) is 10.2. The Labute approximate surface area is 224 Å². The van der Waals surface area contributed by atoms with Gasteiger partial charge in [0.25, 0.3) is 0 Å². The van der Waals surface area contributed by atoms with Gasteiger partial charge in [0.15, 0.2) is 0 Å². The third kappa shape index (κ3) is 3.51. The first-order valence-electron chi connectivity index (χ1n) is 13.4. The number of benzene rings is 5. The summed E-state index contributed by atoms with van der Waals surface area (Å²) < 4.78 is 2.43. The molecule has 0 radical (unpaired) electrons. The Hall–Kier alpha value is -4.19. The molecule has 184 valence electrons. The van der Waals surface area contributed by atoms with Gasteiger partial charge in [0.1, 0.15) is 0 Å². The summed E-state index contributed by atoms with van der Waals surface area (Å²) in [6.45, 7) is 4.08. The molecule has 2 aliphatic heterocycles. The van der Waals surface area contributed by atoms with Crippen molar-refractivity contribution < 1.29 is 0 Å². The maximum atomic E-state index is 4.08. The molecule has 0 atom stereocenters. The summed E-state index contributed by atoms with van der Waals surface area (Å²) in [6.07, 6.45) is 6.25. The van der Waals surface area contributed by atoms with E-state index in [1.807, 2.05) is 6.08 Å². The minimum absolute atomic E-state index is 0.989. The van der Waals surface area contributed by atoms with Crippen LogP contribution in [0.2, 0.25) is 0 Å². The van der Waals surface area contributed by atoms with Crippen molar-refractivity contribution in [3.05, 3.63) is 152 Å². The molecule has 2 heteroatoms. The van der Waals surface area contributed by atoms with E-state index in [1.54, 1.807) is 0 Å². The van der Waals surface area contributed by atoms with E-state index in [2.05, 4.69) is 145 Å². The predicted molar refractivity (Wildman–Crippen MR) is 169 cm³/mol. The quantitative estimate of drug-likeness (QED) is 0.215. The van der Waals surface area contributed by atoms with Crippen molar-refractivity contribution in [1.29, 1.82) is 0 Å². The summed E-state index contributed by atoms with van der Waals surface area (Å²) in [5.41, 5.74) is 6.33. The van der Waals surface area contributed by atoms with Crippen molar-refractivity contribution in [2.24, 2.45) is 0 Å². The first-order chi connectivity index (χ1) is 18.8. The first-order valence-corrected chi connectivity index (χ1v) is 15.6. The van der Waals surface area contributed by atoms with Crippen LogP contribution >= 0.6 is 7.26 Å². The third-order valence-corrected chi connectivity index (χ3v) is 13.2. The zero-order valence-electron chi connectivity index (χ0n) is 21.3. The van der Waals surface area contributed by atoms with E-state index < -0.39 is 7.26 Å². The molecule has 5 aromatic carbocycles. The monoisotopic (exact) mass is 507 g/mol. The van der Waals surface area contributed by atoms with Crippen LogP contribution in [0.5, 0.6) is 0 Å². The minimum atomic E-state index is -2.36. The van der Waals surface area contributed by atoms with Crippen molar-refractivity contribution in [1.82, 2.24) is 4.57 Å². The van der Waals surface area contributed by atoms with E-state index in [0.29, 0.717) is 0 Å². The molecule has 0 spiro atoms. The van der Waals surface area contributed by atoms with E-state index in [9.17, 15) is 0 Å². The van der Waals surface area contributed by atoms with Gasteiger partial charge in [-0.2, -0.15) is 0 Å². The molecule has 0 saturated heterocycles. The third-order valence-electron chi connectivity index (χ3n) is 8.27. The van der Waals surface area contributed by atoms with Crippen LogP contribution in [0.3, 0.4) is 0 Å². The zero-order chi connectivity index (χ0) is 25.5. The van der Waals surface area contributed by atoms with E-state index >= 15 is 0 Å². The molecule has 0 amide bonds. The average Bonchev–Trinajstić information content (AvgIpc) is 3.30. The molecule has 2 aliphatic rings. The van der Waals surface area contributed by atoms with Crippen LogP contribution in [0.4, 0.5) is 0 Å². The Morgan fingerprint density at radius 3 is 1.92 bits per heavy atom. The van der Waals surface area contributed by atoms with E-state index in [4.69, 9.17) is 0 Å². The van der Waals surface area contributed by atoms with Crippen LogP contribution in [0.15, 0.2) is 146 Å². The van der Waals surface area contributed by atoms with Gasteiger partial charge < -0.3 is 0 Å². The summed E-state index contributed by atoms with van der Waals surface area (Å²) in [5, 5.41) is 7.03. The Kier molecular flexibility index (Phi) is 5.61. The molecule has 6 aromatic rings.